The molecule has 9 heteroatoms. The fraction of sp³-hybridized carbons (Fsp3) is 0.423. The van der Waals surface area contributed by atoms with Gasteiger partial charge in [-0.25, -0.2) is 9.78 Å². The first-order chi connectivity index (χ1) is 16.7. The predicted molar refractivity (Wildman–Crippen MR) is 132 cm³/mol. The number of hydrogen-bond donors (Lipinski definition) is 1. The number of benzene rings is 2. The summed E-state index contributed by atoms with van der Waals surface area (Å²) in [5.74, 6) is 0.562. The van der Waals surface area contributed by atoms with E-state index in [1.807, 2.05) is 18.2 Å². The molecule has 0 spiro atoms. The topological polar surface area (TPSA) is 93.9 Å². The van der Waals surface area contributed by atoms with Crippen LogP contribution in [0.25, 0.3) is 10.9 Å². The first kappa shape index (κ1) is 23.6. The molecule has 1 N–H and O–H groups in total. The quantitative estimate of drug-likeness (QED) is 0.557. The van der Waals surface area contributed by atoms with Crippen LogP contribution >= 0.6 is 11.6 Å². The summed E-state index contributed by atoms with van der Waals surface area (Å²) in [5, 5.41) is 11.6. The molecule has 3 heterocycles. The van der Waals surface area contributed by atoms with Crippen LogP contribution in [0.3, 0.4) is 0 Å². The number of amides is 1. The zero-order valence-electron chi connectivity index (χ0n) is 19.7. The van der Waals surface area contributed by atoms with Crippen molar-refractivity contribution in [2.45, 2.75) is 57.4 Å². The van der Waals surface area contributed by atoms with Crippen molar-refractivity contribution in [3.8, 4) is 5.75 Å². The van der Waals surface area contributed by atoms with Crippen molar-refractivity contribution < 1.29 is 19.4 Å². The van der Waals surface area contributed by atoms with E-state index >= 15 is 0 Å². The number of ether oxygens (including phenoxy) is 2. The largest absolute Gasteiger partial charge is 0.490 e. The van der Waals surface area contributed by atoms with Crippen LogP contribution in [0.4, 0.5) is 4.79 Å². The van der Waals surface area contributed by atoms with Crippen LogP contribution < -0.4 is 10.3 Å². The fourth-order valence-electron chi connectivity index (χ4n) is 4.79. The lowest BCUT2D eigenvalue weighted by Crippen LogP contribution is -2.44. The molecule has 2 aliphatic rings. The van der Waals surface area contributed by atoms with Crippen molar-refractivity contribution in [2.24, 2.45) is 0 Å². The van der Waals surface area contributed by atoms with E-state index in [-0.39, 0.29) is 23.8 Å². The van der Waals surface area contributed by atoms with Crippen molar-refractivity contribution >= 4 is 28.6 Å². The molecule has 8 nitrogen and oxygen atoms in total. The van der Waals surface area contributed by atoms with Gasteiger partial charge in [-0.3, -0.25) is 9.36 Å². The Hall–Kier alpha value is -3.10. The Balaban J connectivity index is 1.48. The highest BCUT2D eigenvalue weighted by atomic mass is 35.5. The summed E-state index contributed by atoms with van der Waals surface area (Å²) >= 11 is 5.98. The van der Waals surface area contributed by atoms with Gasteiger partial charge in [0.2, 0.25) is 0 Å². The lowest BCUT2D eigenvalue weighted by molar-refractivity contribution is 0.0745. The third-order valence-corrected chi connectivity index (χ3v) is 6.74. The maximum absolute atomic E-state index is 13.4. The molecule has 1 amide bonds. The van der Waals surface area contributed by atoms with Crippen molar-refractivity contribution in [2.75, 3.05) is 13.2 Å². The van der Waals surface area contributed by atoms with Crippen molar-refractivity contribution in [1.82, 2.24) is 14.5 Å². The second kappa shape index (κ2) is 9.17. The standard InChI is InChI=1S/C26H28ClN3O5/c1-26(2,33)12-17-9-22-21(24(31)29(15-28-22)13-16-3-5-18(27)6-4-16)11-23(17)35-20-7-8-30-19(10-20)14-34-25(30)32/h3-6,9,11,15,19-20,33H,7-8,10,12-14H2,1-2H3/t19-,20-/m0/s1. The van der Waals surface area contributed by atoms with Crippen LogP contribution in [-0.4, -0.2) is 56.5 Å². The Morgan fingerprint density at radius 1 is 1.23 bits per heavy atom. The molecule has 0 aliphatic carbocycles. The number of cyclic esters (lactones) is 1. The second-order valence-corrected chi connectivity index (χ2v) is 10.4. The average molecular weight is 498 g/mol. The number of carbonyl (C=O) groups excluding carboxylic acids is 1. The molecular weight excluding hydrogens is 470 g/mol. The molecule has 2 atom stereocenters. The minimum Gasteiger partial charge on any atom is -0.490 e. The molecule has 1 aromatic heterocycles. The zero-order valence-corrected chi connectivity index (χ0v) is 20.5. The summed E-state index contributed by atoms with van der Waals surface area (Å²) in [4.78, 5) is 31.5. The molecule has 2 aliphatic heterocycles. The number of halogens is 1. The highest BCUT2D eigenvalue weighted by Gasteiger charge is 2.39. The van der Waals surface area contributed by atoms with Gasteiger partial charge in [0.25, 0.3) is 5.56 Å². The molecule has 0 saturated carbocycles. The minimum atomic E-state index is -0.968. The van der Waals surface area contributed by atoms with Gasteiger partial charge < -0.3 is 19.5 Å². The lowest BCUT2D eigenvalue weighted by Gasteiger charge is -2.33. The van der Waals surface area contributed by atoms with Gasteiger partial charge in [-0.1, -0.05) is 23.7 Å². The van der Waals surface area contributed by atoms with Gasteiger partial charge in [-0.15, -0.1) is 0 Å². The number of piperidine rings is 1. The van der Waals surface area contributed by atoms with Gasteiger partial charge >= 0.3 is 6.09 Å². The van der Waals surface area contributed by atoms with Gasteiger partial charge in [0.15, 0.2) is 0 Å². The number of nitrogens with zero attached hydrogens (tertiary/aromatic N) is 3. The molecule has 2 saturated heterocycles. The first-order valence-corrected chi connectivity index (χ1v) is 12.1. The molecular formula is C26H28ClN3O5. The molecule has 184 valence electrons. The van der Waals surface area contributed by atoms with Crippen molar-refractivity contribution in [1.29, 1.82) is 0 Å². The molecule has 3 aromatic rings. The number of aromatic nitrogens is 2. The SMILES string of the molecule is CC(C)(O)Cc1cc2ncn(Cc3ccc(Cl)cc3)c(=O)c2cc1O[C@H]1CCN2C(=O)OC[C@@H]2C1. The summed E-state index contributed by atoms with van der Waals surface area (Å²) in [5.41, 5.74) is 1.14. The van der Waals surface area contributed by atoms with Crippen LogP contribution in [0.1, 0.15) is 37.8 Å². The van der Waals surface area contributed by atoms with Crippen LogP contribution in [0.15, 0.2) is 47.5 Å². The Labute approximate surface area is 208 Å². The molecule has 5 rings (SSSR count). The van der Waals surface area contributed by atoms with Gasteiger partial charge in [-0.05, 0) is 49.2 Å². The Bertz CT molecular complexity index is 1320. The molecule has 35 heavy (non-hydrogen) atoms. The monoisotopic (exact) mass is 497 g/mol. The number of fused-ring (bicyclic) bond motifs is 2. The number of aliphatic hydroxyl groups is 1. The second-order valence-electron chi connectivity index (χ2n) is 9.96. The van der Waals surface area contributed by atoms with E-state index in [0.717, 1.165) is 11.1 Å². The number of rotatable bonds is 6. The normalized spacial score (nSPS) is 20.1. The first-order valence-electron chi connectivity index (χ1n) is 11.8. The van der Waals surface area contributed by atoms with E-state index in [4.69, 9.17) is 21.1 Å². The minimum absolute atomic E-state index is 0.00212. The Morgan fingerprint density at radius 2 is 2.00 bits per heavy atom. The summed E-state index contributed by atoms with van der Waals surface area (Å²) in [7, 11) is 0. The molecule has 2 aromatic carbocycles. The van der Waals surface area contributed by atoms with E-state index in [1.165, 1.54) is 0 Å². The van der Waals surface area contributed by atoms with Gasteiger partial charge in [0, 0.05) is 30.8 Å². The molecule has 0 bridgehead atoms. The Kier molecular flexibility index (Phi) is 6.19. The van der Waals surface area contributed by atoms with Crippen molar-refractivity contribution in [3.63, 3.8) is 0 Å². The maximum atomic E-state index is 13.4. The summed E-state index contributed by atoms with van der Waals surface area (Å²) in [6, 6.07) is 10.9. The summed E-state index contributed by atoms with van der Waals surface area (Å²) in [6.45, 7) is 4.77. The molecule has 0 radical (unpaired) electrons. The van der Waals surface area contributed by atoms with Gasteiger partial charge in [0.05, 0.1) is 35.4 Å². The number of carbonyl (C=O) groups is 1. The number of hydrogen-bond acceptors (Lipinski definition) is 6. The highest BCUT2D eigenvalue weighted by Crippen LogP contribution is 2.32. The van der Waals surface area contributed by atoms with Crippen LogP contribution in [0.5, 0.6) is 5.75 Å². The fourth-order valence-corrected chi connectivity index (χ4v) is 4.92. The van der Waals surface area contributed by atoms with E-state index in [0.29, 0.717) is 60.6 Å². The van der Waals surface area contributed by atoms with E-state index in [9.17, 15) is 14.7 Å². The van der Waals surface area contributed by atoms with Gasteiger partial charge in [0.1, 0.15) is 18.5 Å². The maximum Gasteiger partial charge on any atom is 0.410 e. The third kappa shape index (κ3) is 5.13. The summed E-state index contributed by atoms with van der Waals surface area (Å²) in [6.07, 6.45) is 2.81. The zero-order chi connectivity index (χ0) is 24.7. The highest BCUT2D eigenvalue weighted by molar-refractivity contribution is 6.30. The Morgan fingerprint density at radius 3 is 2.74 bits per heavy atom. The van der Waals surface area contributed by atoms with Crippen molar-refractivity contribution in [3.05, 3.63) is 69.2 Å². The van der Waals surface area contributed by atoms with E-state index in [1.54, 1.807) is 47.8 Å². The van der Waals surface area contributed by atoms with E-state index in [2.05, 4.69) is 4.98 Å². The smallest absolute Gasteiger partial charge is 0.410 e. The molecule has 2 fully saturated rings. The average Bonchev–Trinajstić information content (AvgIpc) is 3.17. The van der Waals surface area contributed by atoms with Crippen LogP contribution in [-0.2, 0) is 17.7 Å². The molecule has 0 unspecified atom stereocenters. The van der Waals surface area contributed by atoms with E-state index < -0.39 is 5.60 Å². The third-order valence-electron chi connectivity index (χ3n) is 6.49. The van der Waals surface area contributed by atoms with Crippen LogP contribution in [0, 0.1) is 0 Å². The predicted octanol–water partition coefficient (Wildman–Crippen LogP) is 3.77. The lowest BCUT2D eigenvalue weighted by atomic mass is 9.96. The van der Waals surface area contributed by atoms with Crippen LogP contribution in [0.2, 0.25) is 5.02 Å². The van der Waals surface area contributed by atoms with Gasteiger partial charge in [-0.2, -0.15) is 0 Å². The summed E-state index contributed by atoms with van der Waals surface area (Å²) < 4.78 is 13.1.